The number of fused-ring (bicyclic) bond motifs is 1. The number of imidazole rings is 1. The molecule has 2 aromatic carbocycles. The second kappa shape index (κ2) is 7.81. The van der Waals surface area contributed by atoms with Gasteiger partial charge in [0.1, 0.15) is 12.9 Å². The molecule has 0 spiro atoms. The molecule has 6 nitrogen and oxygen atoms in total. The van der Waals surface area contributed by atoms with Crippen molar-refractivity contribution in [2.45, 2.75) is 13.0 Å². The highest BCUT2D eigenvalue weighted by Gasteiger charge is 2.15. The Hall–Kier alpha value is -3.17. The van der Waals surface area contributed by atoms with E-state index in [0.29, 0.717) is 0 Å². The maximum Gasteiger partial charge on any atom is 0.235 e. The topological polar surface area (TPSA) is 74.0 Å². The Labute approximate surface area is 152 Å². The summed E-state index contributed by atoms with van der Waals surface area (Å²) in [5.74, 6) is -0.151. The highest BCUT2D eigenvalue weighted by molar-refractivity contribution is 5.78. The number of benzene rings is 2. The van der Waals surface area contributed by atoms with Crippen LogP contribution in [0.15, 0.2) is 54.9 Å². The number of rotatable bonds is 6. The van der Waals surface area contributed by atoms with Crippen molar-refractivity contribution in [3.8, 4) is 11.8 Å². The van der Waals surface area contributed by atoms with E-state index in [2.05, 4.69) is 46.1 Å². The van der Waals surface area contributed by atoms with Gasteiger partial charge in [0, 0.05) is 11.7 Å². The van der Waals surface area contributed by atoms with E-state index >= 15 is 0 Å². The van der Waals surface area contributed by atoms with Crippen LogP contribution in [0.3, 0.4) is 0 Å². The summed E-state index contributed by atoms with van der Waals surface area (Å²) in [6, 6.07) is 18.3. The Morgan fingerprint density at radius 2 is 2.00 bits per heavy atom. The highest BCUT2D eigenvalue weighted by atomic mass is 16.2. The SMILES string of the molecule is C[C@H](c1ccc(-n2cnc3ccccc32)cc1)N(C)CC(=O)NCC#N. The first-order chi connectivity index (χ1) is 12.6. The van der Waals surface area contributed by atoms with Gasteiger partial charge in [-0.2, -0.15) is 5.26 Å². The van der Waals surface area contributed by atoms with Crippen LogP contribution in [0.5, 0.6) is 0 Å². The zero-order chi connectivity index (χ0) is 18.5. The largest absolute Gasteiger partial charge is 0.342 e. The summed E-state index contributed by atoms with van der Waals surface area (Å²) in [5.41, 5.74) is 4.20. The molecule has 1 atom stereocenters. The highest BCUT2D eigenvalue weighted by Crippen LogP contribution is 2.22. The fourth-order valence-electron chi connectivity index (χ4n) is 2.89. The predicted octanol–water partition coefficient (Wildman–Crippen LogP) is 2.66. The first-order valence-electron chi connectivity index (χ1n) is 8.46. The first-order valence-corrected chi connectivity index (χ1v) is 8.46. The molecule has 0 aliphatic carbocycles. The molecule has 0 fully saturated rings. The molecule has 3 aromatic rings. The molecule has 0 radical (unpaired) electrons. The molecule has 0 saturated heterocycles. The van der Waals surface area contributed by atoms with Gasteiger partial charge in [-0.1, -0.05) is 24.3 Å². The molecule has 26 heavy (non-hydrogen) atoms. The smallest absolute Gasteiger partial charge is 0.235 e. The Kier molecular flexibility index (Phi) is 5.30. The van der Waals surface area contributed by atoms with Crippen LogP contribution in [-0.2, 0) is 4.79 Å². The molecule has 0 aliphatic rings. The fraction of sp³-hybridized carbons (Fsp3) is 0.250. The van der Waals surface area contributed by atoms with E-state index in [4.69, 9.17) is 5.26 Å². The number of para-hydroxylation sites is 2. The number of carbonyl (C=O) groups is 1. The number of nitriles is 1. The summed E-state index contributed by atoms with van der Waals surface area (Å²) in [6.45, 7) is 2.34. The summed E-state index contributed by atoms with van der Waals surface area (Å²) >= 11 is 0. The van der Waals surface area contributed by atoms with Crippen LogP contribution >= 0.6 is 0 Å². The van der Waals surface area contributed by atoms with Crippen LogP contribution in [-0.4, -0.2) is 40.5 Å². The van der Waals surface area contributed by atoms with E-state index in [1.807, 2.05) is 48.6 Å². The first kappa shape index (κ1) is 17.6. The van der Waals surface area contributed by atoms with E-state index in [0.717, 1.165) is 22.3 Å². The van der Waals surface area contributed by atoms with Crippen molar-refractivity contribution in [3.63, 3.8) is 0 Å². The Morgan fingerprint density at radius 1 is 1.27 bits per heavy atom. The van der Waals surface area contributed by atoms with Crippen LogP contribution in [0.2, 0.25) is 0 Å². The number of likely N-dealkylation sites (N-methyl/N-ethyl adjacent to an activating group) is 1. The maximum absolute atomic E-state index is 11.8. The lowest BCUT2D eigenvalue weighted by Gasteiger charge is -2.24. The Morgan fingerprint density at radius 3 is 2.73 bits per heavy atom. The van der Waals surface area contributed by atoms with Gasteiger partial charge in [0.05, 0.1) is 23.6 Å². The molecule has 1 heterocycles. The molecule has 1 amide bonds. The van der Waals surface area contributed by atoms with E-state index in [1.54, 1.807) is 0 Å². The molecule has 0 unspecified atom stereocenters. The third kappa shape index (κ3) is 3.73. The minimum atomic E-state index is -0.151. The molecule has 6 heteroatoms. The molecular weight excluding hydrogens is 326 g/mol. The minimum Gasteiger partial charge on any atom is -0.342 e. The Bertz CT molecular complexity index is 939. The van der Waals surface area contributed by atoms with Crippen molar-refractivity contribution in [1.29, 1.82) is 5.26 Å². The number of hydrogen-bond acceptors (Lipinski definition) is 4. The van der Waals surface area contributed by atoms with Gasteiger partial charge in [0.2, 0.25) is 5.91 Å². The van der Waals surface area contributed by atoms with Crippen molar-refractivity contribution in [3.05, 3.63) is 60.4 Å². The molecule has 132 valence electrons. The number of hydrogen-bond donors (Lipinski definition) is 1. The lowest BCUT2D eigenvalue weighted by Crippen LogP contribution is -2.36. The van der Waals surface area contributed by atoms with E-state index in [-0.39, 0.29) is 25.0 Å². The van der Waals surface area contributed by atoms with Crippen LogP contribution < -0.4 is 5.32 Å². The molecule has 0 bridgehead atoms. The quantitative estimate of drug-likeness (QED) is 0.696. The third-order valence-electron chi connectivity index (χ3n) is 4.53. The predicted molar refractivity (Wildman–Crippen MR) is 101 cm³/mol. The van der Waals surface area contributed by atoms with Gasteiger partial charge in [-0.15, -0.1) is 0 Å². The molecule has 1 N–H and O–H groups in total. The maximum atomic E-state index is 11.8. The lowest BCUT2D eigenvalue weighted by molar-refractivity contribution is -0.122. The molecule has 3 rings (SSSR count). The normalized spacial score (nSPS) is 12.1. The number of nitrogens with one attached hydrogen (secondary N) is 1. The van der Waals surface area contributed by atoms with Gasteiger partial charge in [0.25, 0.3) is 0 Å². The number of carbonyl (C=O) groups excluding carboxylic acids is 1. The summed E-state index contributed by atoms with van der Waals surface area (Å²) in [4.78, 5) is 18.1. The number of amides is 1. The zero-order valence-corrected chi connectivity index (χ0v) is 14.9. The summed E-state index contributed by atoms with van der Waals surface area (Å²) in [7, 11) is 1.90. The van der Waals surface area contributed by atoms with E-state index in [9.17, 15) is 4.79 Å². The molecule has 0 saturated carbocycles. The van der Waals surface area contributed by atoms with Crippen molar-refractivity contribution in [1.82, 2.24) is 19.8 Å². The van der Waals surface area contributed by atoms with Gasteiger partial charge in [0.15, 0.2) is 0 Å². The third-order valence-corrected chi connectivity index (χ3v) is 4.53. The second-order valence-corrected chi connectivity index (χ2v) is 6.22. The van der Waals surface area contributed by atoms with Crippen LogP contribution in [0.4, 0.5) is 0 Å². The fourth-order valence-corrected chi connectivity index (χ4v) is 2.89. The van der Waals surface area contributed by atoms with Gasteiger partial charge < -0.3 is 5.32 Å². The lowest BCUT2D eigenvalue weighted by atomic mass is 10.1. The molecular formula is C20H21N5O. The summed E-state index contributed by atoms with van der Waals surface area (Å²) < 4.78 is 2.06. The summed E-state index contributed by atoms with van der Waals surface area (Å²) in [5, 5.41) is 11.1. The van der Waals surface area contributed by atoms with Crippen molar-refractivity contribution in [2.75, 3.05) is 20.1 Å². The van der Waals surface area contributed by atoms with Crippen molar-refractivity contribution < 1.29 is 4.79 Å². The monoisotopic (exact) mass is 347 g/mol. The number of aromatic nitrogens is 2. The van der Waals surface area contributed by atoms with E-state index in [1.165, 1.54) is 0 Å². The molecule has 0 aliphatic heterocycles. The average Bonchev–Trinajstić information content (AvgIpc) is 3.10. The van der Waals surface area contributed by atoms with Crippen LogP contribution in [0, 0.1) is 11.3 Å². The van der Waals surface area contributed by atoms with Crippen LogP contribution in [0.25, 0.3) is 16.7 Å². The second-order valence-electron chi connectivity index (χ2n) is 6.22. The van der Waals surface area contributed by atoms with Gasteiger partial charge in [-0.3, -0.25) is 14.3 Å². The van der Waals surface area contributed by atoms with Gasteiger partial charge in [-0.25, -0.2) is 4.98 Å². The zero-order valence-electron chi connectivity index (χ0n) is 14.9. The van der Waals surface area contributed by atoms with Crippen LogP contribution in [0.1, 0.15) is 18.5 Å². The van der Waals surface area contributed by atoms with Gasteiger partial charge >= 0.3 is 0 Å². The standard InChI is InChI=1S/C20H21N5O/c1-15(24(2)13-20(26)22-12-11-21)16-7-9-17(10-8-16)25-14-23-18-5-3-4-6-19(18)25/h3-10,14-15H,12-13H2,1-2H3,(H,22,26)/t15-/m1/s1. The number of nitrogens with zero attached hydrogens (tertiary/aromatic N) is 4. The van der Waals surface area contributed by atoms with E-state index < -0.39 is 0 Å². The van der Waals surface area contributed by atoms with Crippen molar-refractivity contribution >= 4 is 16.9 Å². The molecule has 1 aromatic heterocycles. The van der Waals surface area contributed by atoms with Gasteiger partial charge in [-0.05, 0) is 43.8 Å². The average molecular weight is 347 g/mol. The Balaban J connectivity index is 1.73. The van der Waals surface area contributed by atoms with Crippen molar-refractivity contribution in [2.24, 2.45) is 0 Å². The minimum absolute atomic E-state index is 0.0363. The summed E-state index contributed by atoms with van der Waals surface area (Å²) in [6.07, 6.45) is 1.83.